The maximum absolute atomic E-state index is 5.12. The van der Waals surface area contributed by atoms with Gasteiger partial charge in [0.05, 0.1) is 11.6 Å². The zero-order valence-electron chi connectivity index (χ0n) is 12.3. The second-order valence-electron chi connectivity index (χ2n) is 6.42. The number of aliphatic imine (C=N–C) groups is 1. The van der Waals surface area contributed by atoms with Gasteiger partial charge in [-0.05, 0) is 52.3 Å². The van der Waals surface area contributed by atoms with E-state index < -0.39 is 0 Å². The highest BCUT2D eigenvalue weighted by molar-refractivity contribution is 5.96. The predicted molar refractivity (Wildman–Crippen MR) is 87.4 cm³/mol. The molecule has 0 amide bonds. The van der Waals surface area contributed by atoms with Gasteiger partial charge in [-0.15, -0.1) is 0 Å². The van der Waals surface area contributed by atoms with Crippen LogP contribution in [0, 0.1) is 5.92 Å². The van der Waals surface area contributed by atoms with Crippen LogP contribution in [0.4, 0.5) is 0 Å². The summed E-state index contributed by atoms with van der Waals surface area (Å²) in [4.78, 5) is 7.72. The number of piperidine rings is 3. The lowest BCUT2D eigenvalue weighted by Gasteiger charge is -2.52. The molecule has 1 aromatic carbocycles. The smallest absolute Gasteiger partial charge is 0.0721 e. The fraction of sp³-hybridized carbons (Fsp3) is 0.611. The lowest BCUT2D eigenvalue weighted by Crippen LogP contribution is -2.61. The largest absolute Gasteiger partial charge is 0.293 e. The SMILES string of the molecule is C.C[C@@H](N=C1C2CCN(CC2)C1(C)C)c1ccccc1. The van der Waals surface area contributed by atoms with Crippen LogP contribution in [0.1, 0.15) is 52.6 Å². The van der Waals surface area contributed by atoms with Crippen LogP contribution in [-0.4, -0.2) is 29.2 Å². The molecule has 3 heterocycles. The monoisotopic (exact) mass is 272 g/mol. The van der Waals surface area contributed by atoms with E-state index in [1.165, 1.54) is 37.2 Å². The number of rotatable bonds is 2. The molecule has 110 valence electrons. The van der Waals surface area contributed by atoms with Crippen molar-refractivity contribution < 1.29 is 0 Å². The van der Waals surface area contributed by atoms with Crippen molar-refractivity contribution in [2.75, 3.05) is 13.1 Å². The molecule has 0 unspecified atom stereocenters. The molecule has 0 aliphatic carbocycles. The fourth-order valence-electron chi connectivity index (χ4n) is 3.65. The van der Waals surface area contributed by atoms with Crippen molar-refractivity contribution >= 4 is 5.71 Å². The molecule has 0 saturated carbocycles. The molecule has 3 aliphatic heterocycles. The number of hydrogen-bond acceptors (Lipinski definition) is 2. The highest BCUT2D eigenvalue weighted by Crippen LogP contribution is 2.38. The number of benzene rings is 1. The van der Waals surface area contributed by atoms with Gasteiger partial charge in [0.15, 0.2) is 0 Å². The Hall–Kier alpha value is -1.15. The molecule has 2 heteroatoms. The molecular formula is C18H28N2. The molecule has 3 aliphatic rings. The quantitative estimate of drug-likeness (QED) is 0.782. The zero-order chi connectivity index (χ0) is 13.5. The lowest BCUT2D eigenvalue weighted by molar-refractivity contribution is 0.0934. The van der Waals surface area contributed by atoms with Crippen LogP contribution in [0.2, 0.25) is 0 Å². The topological polar surface area (TPSA) is 15.6 Å². The molecular weight excluding hydrogens is 244 g/mol. The van der Waals surface area contributed by atoms with Gasteiger partial charge < -0.3 is 0 Å². The van der Waals surface area contributed by atoms with Gasteiger partial charge in [-0.2, -0.15) is 0 Å². The maximum atomic E-state index is 5.12. The van der Waals surface area contributed by atoms with Crippen LogP contribution in [0.15, 0.2) is 35.3 Å². The molecule has 3 saturated heterocycles. The molecule has 3 fully saturated rings. The summed E-state index contributed by atoms with van der Waals surface area (Å²) in [6.45, 7) is 9.40. The highest BCUT2D eigenvalue weighted by atomic mass is 15.2. The van der Waals surface area contributed by atoms with Gasteiger partial charge in [-0.25, -0.2) is 0 Å². The van der Waals surface area contributed by atoms with E-state index >= 15 is 0 Å². The molecule has 2 nitrogen and oxygen atoms in total. The van der Waals surface area contributed by atoms with Crippen molar-refractivity contribution in [3.63, 3.8) is 0 Å². The fourth-order valence-corrected chi connectivity index (χ4v) is 3.65. The van der Waals surface area contributed by atoms with Crippen molar-refractivity contribution in [1.29, 1.82) is 0 Å². The molecule has 4 rings (SSSR count). The molecule has 20 heavy (non-hydrogen) atoms. The van der Waals surface area contributed by atoms with E-state index in [1.807, 2.05) is 0 Å². The number of fused-ring (bicyclic) bond motifs is 3. The van der Waals surface area contributed by atoms with Crippen LogP contribution >= 0.6 is 0 Å². The first-order chi connectivity index (χ1) is 9.09. The van der Waals surface area contributed by atoms with E-state index in [1.54, 1.807) is 0 Å². The van der Waals surface area contributed by atoms with Gasteiger partial charge in [0, 0.05) is 11.6 Å². The summed E-state index contributed by atoms with van der Waals surface area (Å²) in [6.07, 6.45) is 2.59. The third-order valence-corrected chi connectivity index (χ3v) is 4.91. The minimum Gasteiger partial charge on any atom is -0.293 e. The summed E-state index contributed by atoms with van der Waals surface area (Å²) < 4.78 is 0. The molecule has 2 bridgehead atoms. The normalized spacial score (nSPS) is 30.9. The van der Waals surface area contributed by atoms with Gasteiger partial charge in [-0.1, -0.05) is 37.8 Å². The van der Waals surface area contributed by atoms with Crippen molar-refractivity contribution in [2.45, 2.75) is 52.6 Å². The summed E-state index contributed by atoms with van der Waals surface area (Å²) >= 11 is 0. The van der Waals surface area contributed by atoms with E-state index in [0.717, 1.165) is 0 Å². The van der Waals surface area contributed by atoms with E-state index in [4.69, 9.17) is 4.99 Å². The van der Waals surface area contributed by atoms with Gasteiger partial charge in [-0.3, -0.25) is 9.89 Å². The Kier molecular flexibility index (Phi) is 4.33. The zero-order valence-corrected chi connectivity index (χ0v) is 12.3. The number of nitrogens with zero attached hydrogens (tertiary/aromatic N) is 2. The molecule has 1 aromatic rings. The van der Waals surface area contributed by atoms with Gasteiger partial charge in [0.2, 0.25) is 0 Å². The van der Waals surface area contributed by atoms with Gasteiger partial charge in [0.1, 0.15) is 0 Å². The third-order valence-electron chi connectivity index (χ3n) is 4.91. The Labute approximate surface area is 123 Å². The first kappa shape index (κ1) is 15.2. The van der Waals surface area contributed by atoms with Crippen LogP contribution in [0.3, 0.4) is 0 Å². The summed E-state index contributed by atoms with van der Waals surface area (Å²) in [5.41, 5.74) is 2.91. The first-order valence-corrected chi connectivity index (χ1v) is 7.47. The van der Waals surface area contributed by atoms with Crippen LogP contribution in [0.25, 0.3) is 0 Å². The van der Waals surface area contributed by atoms with Crippen LogP contribution in [0.5, 0.6) is 0 Å². The van der Waals surface area contributed by atoms with Crippen molar-refractivity contribution in [3.05, 3.63) is 35.9 Å². The third kappa shape index (κ3) is 2.54. The minimum atomic E-state index is 0. The van der Waals surface area contributed by atoms with Crippen molar-refractivity contribution in [3.8, 4) is 0 Å². The Balaban J connectivity index is 0.00000147. The molecule has 0 N–H and O–H groups in total. The second kappa shape index (κ2) is 5.69. The van der Waals surface area contributed by atoms with Crippen molar-refractivity contribution in [1.82, 2.24) is 4.90 Å². The van der Waals surface area contributed by atoms with Crippen LogP contribution in [-0.2, 0) is 0 Å². The Morgan fingerprint density at radius 3 is 2.30 bits per heavy atom. The molecule has 0 radical (unpaired) electrons. The molecule has 0 aromatic heterocycles. The van der Waals surface area contributed by atoms with E-state index in [-0.39, 0.29) is 19.0 Å². The lowest BCUT2D eigenvalue weighted by atomic mass is 9.74. The molecule has 0 spiro atoms. The summed E-state index contributed by atoms with van der Waals surface area (Å²) in [5, 5.41) is 0. The van der Waals surface area contributed by atoms with Crippen molar-refractivity contribution in [2.24, 2.45) is 10.9 Å². The average molecular weight is 272 g/mol. The van der Waals surface area contributed by atoms with Crippen LogP contribution < -0.4 is 0 Å². The first-order valence-electron chi connectivity index (χ1n) is 7.47. The summed E-state index contributed by atoms with van der Waals surface area (Å²) in [5.74, 6) is 0.714. The Morgan fingerprint density at radius 2 is 1.75 bits per heavy atom. The van der Waals surface area contributed by atoms with E-state index in [2.05, 4.69) is 56.0 Å². The molecule has 1 atom stereocenters. The standard InChI is InChI=1S/C17H24N2.CH4/c1-13(14-7-5-4-6-8-14)18-16-15-9-11-19(12-10-15)17(16,2)3;/h4-8,13,15H,9-12H2,1-3H3;1H4/t13-;/m1./s1. The Morgan fingerprint density at radius 1 is 1.15 bits per heavy atom. The van der Waals surface area contributed by atoms with E-state index in [0.29, 0.717) is 5.92 Å². The maximum Gasteiger partial charge on any atom is 0.0721 e. The highest BCUT2D eigenvalue weighted by Gasteiger charge is 2.44. The minimum absolute atomic E-state index is 0. The van der Waals surface area contributed by atoms with Gasteiger partial charge >= 0.3 is 0 Å². The second-order valence-corrected chi connectivity index (χ2v) is 6.42. The van der Waals surface area contributed by atoms with E-state index in [9.17, 15) is 0 Å². The summed E-state index contributed by atoms with van der Waals surface area (Å²) in [6, 6.07) is 10.9. The number of hydrogen-bond donors (Lipinski definition) is 0. The van der Waals surface area contributed by atoms with Gasteiger partial charge in [0.25, 0.3) is 0 Å². The predicted octanol–water partition coefficient (Wildman–Crippen LogP) is 4.33. The summed E-state index contributed by atoms with van der Waals surface area (Å²) in [7, 11) is 0. The average Bonchev–Trinajstić information content (AvgIpc) is 2.44. The Bertz CT molecular complexity index is 467.